The van der Waals surface area contributed by atoms with Gasteiger partial charge in [-0.1, -0.05) is 26.5 Å². The minimum absolute atomic E-state index is 0.00542. The van der Waals surface area contributed by atoms with Crippen LogP contribution in [0.15, 0.2) is 54.0 Å². The monoisotopic (exact) mass is 652 g/mol. The van der Waals surface area contributed by atoms with Gasteiger partial charge in [0.1, 0.15) is 34.5 Å². The molecule has 2 aliphatic heterocycles. The van der Waals surface area contributed by atoms with Crippen LogP contribution >= 0.6 is 0 Å². The molecule has 47 heavy (non-hydrogen) atoms. The first kappa shape index (κ1) is 32.0. The van der Waals surface area contributed by atoms with Crippen LogP contribution in [0.1, 0.15) is 39.3 Å². The van der Waals surface area contributed by atoms with Gasteiger partial charge < -0.3 is 19.3 Å². The summed E-state index contributed by atoms with van der Waals surface area (Å²) in [6.45, 7) is 8.93. The number of benzene rings is 1. The molecule has 0 N–H and O–H groups in total. The van der Waals surface area contributed by atoms with Crippen LogP contribution in [0.3, 0.4) is 0 Å². The lowest BCUT2D eigenvalue weighted by molar-refractivity contribution is -0.128. The second kappa shape index (κ2) is 12.0. The molecule has 6 rings (SSSR count). The topological polar surface area (TPSA) is 103 Å². The number of alkyl halides is 2. The highest BCUT2D eigenvalue weighted by Crippen LogP contribution is 2.39. The average molecular weight is 653 g/mol. The van der Waals surface area contributed by atoms with Gasteiger partial charge in [0, 0.05) is 37.4 Å². The van der Waals surface area contributed by atoms with E-state index in [2.05, 4.69) is 21.5 Å². The second-order valence-corrected chi connectivity index (χ2v) is 12.0. The molecule has 1 fully saturated rings. The molecule has 14 heteroatoms. The van der Waals surface area contributed by atoms with Crippen LogP contribution in [0.4, 0.5) is 23.4 Å². The number of hydrogen-bond donors (Lipinski definition) is 0. The number of halogens is 4. The highest BCUT2D eigenvalue weighted by atomic mass is 19.3. The first-order valence-corrected chi connectivity index (χ1v) is 15.1. The van der Waals surface area contributed by atoms with Gasteiger partial charge in [0.2, 0.25) is 5.91 Å². The Bertz CT molecular complexity index is 1970. The van der Waals surface area contributed by atoms with E-state index in [1.54, 1.807) is 23.6 Å². The van der Waals surface area contributed by atoms with Crippen molar-refractivity contribution in [3.63, 3.8) is 0 Å². The van der Waals surface area contributed by atoms with Gasteiger partial charge in [-0.05, 0) is 44.0 Å². The van der Waals surface area contributed by atoms with Gasteiger partial charge in [0.25, 0.3) is 0 Å². The van der Waals surface area contributed by atoms with Gasteiger partial charge in [0.15, 0.2) is 24.7 Å². The molecule has 0 saturated carbocycles. The van der Waals surface area contributed by atoms with E-state index in [4.69, 9.17) is 9.47 Å². The number of aromatic nitrogens is 4. The maximum absolute atomic E-state index is 16.2. The van der Waals surface area contributed by atoms with Gasteiger partial charge in [-0.25, -0.2) is 23.1 Å². The van der Waals surface area contributed by atoms with Crippen molar-refractivity contribution < 1.29 is 31.8 Å². The van der Waals surface area contributed by atoms with E-state index in [1.165, 1.54) is 30.5 Å². The Morgan fingerprint density at radius 3 is 2.47 bits per heavy atom. The first-order valence-electron chi connectivity index (χ1n) is 15.1. The van der Waals surface area contributed by atoms with Crippen molar-refractivity contribution in [3.05, 3.63) is 77.0 Å². The molecule has 1 aromatic carbocycles. The van der Waals surface area contributed by atoms with E-state index in [9.17, 15) is 9.59 Å². The first-order chi connectivity index (χ1) is 22.3. The van der Waals surface area contributed by atoms with Crippen molar-refractivity contribution in [3.8, 4) is 28.4 Å². The third-order valence-electron chi connectivity index (χ3n) is 8.29. The number of piperazine rings is 1. The van der Waals surface area contributed by atoms with Crippen molar-refractivity contribution >= 4 is 22.8 Å². The van der Waals surface area contributed by atoms with E-state index in [-0.39, 0.29) is 71.0 Å². The maximum Gasteiger partial charge on any atom is 0.356 e. The molecule has 2 aliphatic rings. The van der Waals surface area contributed by atoms with Gasteiger partial charge in [-0.2, -0.15) is 13.8 Å². The molecular weight excluding hydrogens is 620 g/mol. The summed E-state index contributed by atoms with van der Waals surface area (Å²) in [5.41, 5.74) is -1.77. The van der Waals surface area contributed by atoms with Crippen molar-refractivity contribution in [1.29, 1.82) is 0 Å². The summed E-state index contributed by atoms with van der Waals surface area (Å²) >= 11 is 0. The Labute approximate surface area is 267 Å². The summed E-state index contributed by atoms with van der Waals surface area (Å²) in [5.74, 6) is -6.56. The molecule has 1 saturated heterocycles. The summed E-state index contributed by atoms with van der Waals surface area (Å²) in [6, 6.07) is 5.21. The fraction of sp³-hybridized carbons (Fsp3) is 0.364. The number of pyridine rings is 2. The van der Waals surface area contributed by atoms with E-state index in [0.717, 1.165) is 16.7 Å². The summed E-state index contributed by atoms with van der Waals surface area (Å²) in [4.78, 5) is 43.5. The smallest absolute Gasteiger partial charge is 0.356 e. The lowest BCUT2D eigenvalue weighted by Crippen LogP contribution is -2.58. The van der Waals surface area contributed by atoms with Crippen molar-refractivity contribution in [2.75, 3.05) is 31.2 Å². The zero-order chi connectivity index (χ0) is 33.8. The van der Waals surface area contributed by atoms with Gasteiger partial charge in [-0.3, -0.25) is 9.78 Å². The molecule has 0 unspecified atom stereocenters. The summed E-state index contributed by atoms with van der Waals surface area (Å²) in [6.07, 6.45) is 2.59. The van der Waals surface area contributed by atoms with Crippen LogP contribution in [-0.4, -0.2) is 74.6 Å². The third-order valence-corrected chi connectivity index (χ3v) is 8.29. The molecule has 5 heterocycles. The number of rotatable bonds is 3. The molecule has 2 atom stereocenters. The molecule has 3 aromatic heterocycles. The highest BCUT2D eigenvalue weighted by molar-refractivity contribution is 5.92. The SMILES string of the molecule is C=CC(=O)N1C[C@H](C)N(c2nc(=O)n3c4nc(c(F)cc24)-c2c(F)cccc2OCC(F)(F)COc2ccnc(C(C)C)c2-3)C[C@H]1C. The largest absolute Gasteiger partial charge is 0.486 e. The molecule has 1 amide bonds. The van der Waals surface area contributed by atoms with Gasteiger partial charge >= 0.3 is 11.6 Å². The molecule has 0 spiro atoms. The molecule has 0 radical (unpaired) electrons. The van der Waals surface area contributed by atoms with Crippen molar-refractivity contribution in [2.45, 2.75) is 51.6 Å². The van der Waals surface area contributed by atoms with Crippen LogP contribution in [-0.2, 0) is 4.79 Å². The van der Waals surface area contributed by atoms with Crippen molar-refractivity contribution in [2.24, 2.45) is 0 Å². The Balaban J connectivity index is 1.70. The van der Waals surface area contributed by atoms with E-state index < -0.39 is 47.7 Å². The molecule has 2 bridgehead atoms. The number of anilines is 1. The number of fused-ring (bicyclic) bond motifs is 5. The Kier molecular flexibility index (Phi) is 8.14. The summed E-state index contributed by atoms with van der Waals surface area (Å²) in [5, 5.41) is 0.0805. The fourth-order valence-electron chi connectivity index (χ4n) is 6.03. The molecule has 10 nitrogen and oxygen atoms in total. The van der Waals surface area contributed by atoms with Crippen LogP contribution in [0.2, 0.25) is 0 Å². The van der Waals surface area contributed by atoms with E-state index >= 15 is 17.6 Å². The number of hydrogen-bond acceptors (Lipinski definition) is 8. The van der Waals surface area contributed by atoms with Crippen LogP contribution in [0.5, 0.6) is 11.5 Å². The lowest BCUT2D eigenvalue weighted by atomic mass is 10.0. The van der Waals surface area contributed by atoms with E-state index in [0.29, 0.717) is 5.69 Å². The number of carbonyl (C=O) groups excluding carboxylic acids is 1. The third kappa shape index (κ3) is 5.65. The minimum Gasteiger partial charge on any atom is -0.486 e. The van der Waals surface area contributed by atoms with Crippen LogP contribution < -0.4 is 20.1 Å². The lowest BCUT2D eigenvalue weighted by Gasteiger charge is -2.44. The molecular formula is C33H32F4N6O4. The van der Waals surface area contributed by atoms with E-state index in [1.807, 2.05) is 13.8 Å². The zero-order valence-electron chi connectivity index (χ0n) is 26.1. The fourth-order valence-corrected chi connectivity index (χ4v) is 6.03. The molecule has 0 aliphatic carbocycles. The zero-order valence-corrected chi connectivity index (χ0v) is 26.1. The number of ether oxygens (including phenoxy) is 2. The Morgan fingerprint density at radius 1 is 1.04 bits per heavy atom. The van der Waals surface area contributed by atoms with Crippen molar-refractivity contribution in [1.82, 2.24) is 24.4 Å². The standard InChI is InChI=1S/C33H32F4N6O4/c1-6-25(44)41-13-19(5)42(14-18(41)4)30-20-12-22(35)28-26-21(34)8-7-9-23(26)46-15-33(36,37)16-47-24-10-11-38-27(17(2)3)29(24)43(31(20)39-28)32(45)40-30/h6-12,17-19H,1,13-16H2,2-5H3/t18-,19+/m1/s1. The predicted molar refractivity (Wildman–Crippen MR) is 166 cm³/mol. The average Bonchev–Trinajstić information content (AvgIpc) is 3.03. The highest BCUT2D eigenvalue weighted by Gasteiger charge is 2.36. The second-order valence-electron chi connectivity index (χ2n) is 12.0. The number of carbonyl (C=O) groups is 1. The summed E-state index contributed by atoms with van der Waals surface area (Å²) in [7, 11) is 0. The van der Waals surface area contributed by atoms with Crippen LogP contribution in [0, 0.1) is 11.6 Å². The molecule has 4 aromatic rings. The number of amides is 1. The number of nitrogens with zero attached hydrogens (tertiary/aromatic N) is 6. The maximum atomic E-state index is 16.2. The Hall–Kier alpha value is -5.01. The summed E-state index contributed by atoms with van der Waals surface area (Å²) < 4.78 is 74.0. The predicted octanol–water partition coefficient (Wildman–Crippen LogP) is 5.26. The minimum atomic E-state index is -3.58. The van der Waals surface area contributed by atoms with Gasteiger partial charge in [-0.15, -0.1) is 0 Å². The Morgan fingerprint density at radius 2 is 1.77 bits per heavy atom. The van der Waals surface area contributed by atoms with Crippen LogP contribution in [0.25, 0.3) is 28.0 Å². The molecule has 246 valence electrons. The normalized spacial score (nSPS) is 19.2. The quantitative estimate of drug-likeness (QED) is 0.218. The van der Waals surface area contributed by atoms with Gasteiger partial charge in [0.05, 0.1) is 16.6 Å².